The molecule has 0 bridgehead atoms. The molecule has 112 valence electrons. The Balaban J connectivity index is 2.00. The molecule has 1 aromatic carbocycles. The second-order valence-electron chi connectivity index (χ2n) is 4.98. The molecule has 20 heavy (non-hydrogen) atoms. The minimum atomic E-state index is -4.22. The fourth-order valence-corrected chi connectivity index (χ4v) is 2.45. The highest BCUT2D eigenvalue weighted by Gasteiger charge is 2.41. The predicted molar refractivity (Wildman–Crippen MR) is 61.7 cm³/mol. The number of benzene rings is 1. The van der Waals surface area contributed by atoms with Crippen molar-refractivity contribution < 1.29 is 26.3 Å². The zero-order chi connectivity index (χ0) is 14.9. The Morgan fingerprint density at radius 3 is 1.85 bits per heavy atom. The van der Waals surface area contributed by atoms with E-state index in [4.69, 9.17) is 0 Å². The Bertz CT molecular complexity index is 453. The van der Waals surface area contributed by atoms with Gasteiger partial charge in [0.05, 0.1) is 5.92 Å². The number of hydrogen-bond acceptors (Lipinski definition) is 1. The summed E-state index contributed by atoms with van der Waals surface area (Å²) in [5.41, 5.74) is -0.484. The molecule has 1 nitrogen and oxygen atoms in total. The van der Waals surface area contributed by atoms with Crippen LogP contribution >= 0.6 is 0 Å². The molecule has 1 aliphatic carbocycles. The van der Waals surface area contributed by atoms with Gasteiger partial charge in [0.2, 0.25) is 0 Å². The number of alkyl halides is 3. The largest absolute Gasteiger partial charge is 0.391 e. The molecule has 1 saturated carbocycles. The van der Waals surface area contributed by atoms with Crippen LogP contribution in [0.15, 0.2) is 12.1 Å². The van der Waals surface area contributed by atoms with E-state index in [1.54, 1.807) is 0 Å². The highest BCUT2D eigenvalue weighted by Crippen LogP contribution is 2.38. The van der Waals surface area contributed by atoms with Crippen molar-refractivity contribution in [3.05, 3.63) is 29.6 Å². The van der Waals surface area contributed by atoms with Crippen LogP contribution < -0.4 is 5.32 Å². The van der Waals surface area contributed by atoms with Crippen LogP contribution in [0.25, 0.3) is 0 Å². The first-order valence-electron chi connectivity index (χ1n) is 6.25. The first-order chi connectivity index (χ1) is 9.27. The van der Waals surface area contributed by atoms with Crippen LogP contribution in [-0.4, -0.2) is 12.2 Å². The highest BCUT2D eigenvalue weighted by molar-refractivity contribution is 5.47. The van der Waals surface area contributed by atoms with E-state index in [2.05, 4.69) is 5.32 Å². The first-order valence-corrected chi connectivity index (χ1v) is 6.25. The van der Waals surface area contributed by atoms with E-state index in [0.29, 0.717) is 12.1 Å². The van der Waals surface area contributed by atoms with Gasteiger partial charge in [0.15, 0.2) is 11.6 Å². The van der Waals surface area contributed by atoms with Crippen LogP contribution in [0.2, 0.25) is 0 Å². The minimum Gasteiger partial charge on any atom is -0.378 e. The van der Waals surface area contributed by atoms with E-state index in [-0.39, 0.29) is 25.7 Å². The van der Waals surface area contributed by atoms with Crippen LogP contribution in [0.5, 0.6) is 0 Å². The minimum absolute atomic E-state index is 0.0778. The molecule has 7 heteroatoms. The zero-order valence-electron chi connectivity index (χ0n) is 10.4. The lowest BCUT2D eigenvalue weighted by Crippen LogP contribution is -2.33. The molecule has 1 aliphatic rings. The van der Waals surface area contributed by atoms with E-state index >= 15 is 0 Å². The lowest BCUT2D eigenvalue weighted by molar-refractivity contribution is -0.182. The third-order valence-electron chi connectivity index (χ3n) is 3.55. The molecule has 0 aromatic heterocycles. The van der Waals surface area contributed by atoms with Gasteiger partial charge < -0.3 is 5.32 Å². The van der Waals surface area contributed by atoms with Gasteiger partial charge in [0.1, 0.15) is 11.5 Å². The number of anilines is 1. The van der Waals surface area contributed by atoms with Crippen LogP contribution in [0.1, 0.15) is 25.7 Å². The van der Waals surface area contributed by atoms with Crippen LogP contribution in [0, 0.1) is 23.4 Å². The molecule has 0 heterocycles. The summed E-state index contributed by atoms with van der Waals surface area (Å²) in [4.78, 5) is 0. The summed E-state index contributed by atoms with van der Waals surface area (Å²) in [6, 6.07) is 0.627. The van der Waals surface area contributed by atoms with Crippen molar-refractivity contribution in [1.29, 1.82) is 0 Å². The molecular formula is C13H13F6N. The molecule has 0 atom stereocenters. The van der Waals surface area contributed by atoms with Gasteiger partial charge in [0.25, 0.3) is 0 Å². The molecule has 1 N–H and O–H groups in total. The zero-order valence-corrected chi connectivity index (χ0v) is 10.4. The Labute approximate surface area is 112 Å². The summed E-state index contributed by atoms with van der Waals surface area (Å²) >= 11 is 0. The van der Waals surface area contributed by atoms with Crippen LogP contribution in [-0.2, 0) is 0 Å². The van der Waals surface area contributed by atoms with Crippen LogP contribution in [0.3, 0.4) is 0 Å². The average Bonchev–Trinajstić information content (AvgIpc) is 2.33. The number of rotatable bonds is 2. The second-order valence-corrected chi connectivity index (χ2v) is 4.98. The number of nitrogens with one attached hydrogen (secondary N) is 1. The summed E-state index contributed by atoms with van der Waals surface area (Å²) in [5.74, 6) is -4.56. The SMILES string of the molecule is Fc1cc(F)c(NC2CCC(C(F)(F)F)CC2)c(F)c1. The Morgan fingerprint density at radius 1 is 0.900 bits per heavy atom. The maximum atomic E-state index is 13.4. The Hall–Kier alpha value is -1.40. The smallest absolute Gasteiger partial charge is 0.378 e. The van der Waals surface area contributed by atoms with E-state index in [9.17, 15) is 26.3 Å². The second kappa shape index (κ2) is 5.54. The van der Waals surface area contributed by atoms with Gasteiger partial charge in [0, 0.05) is 18.2 Å². The van der Waals surface area contributed by atoms with E-state index < -0.39 is 41.3 Å². The molecule has 1 aromatic rings. The summed E-state index contributed by atoms with van der Waals surface area (Å²) in [6.45, 7) is 0. The van der Waals surface area contributed by atoms with E-state index in [0.717, 1.165) is 0 Å². The van der Waals surface area contributed by atoms with Gasteiger partial charge in [-0.2, -0.15) is 13.2 Å². The number of halogens is 6. The third-order valence-corrected chi connectivity index (χ3v) is 3.55. The summed E-state index contributed by atoms with van der Waals surface area (Å²) in [7, 11) is 0. The summed E-state index contributed by atoms with van der Waals surface area (Å²) < 4.78 is 77.0. The standard InChI is InChI=1S/C13H13F6N/c14-8-5-10(15)12(11(16)6-8)20-9-3-1-7(2-4-9)13(17,18)19/h5-7,9,20H,1-4H2. The van der Waals surface area contributed by atoms with Crippen molar-refractivity contribution in [1.82, 2.24) is 0 Å². The van der Waals surface area contributed by atoms with Crippen molar-refractivity contribution in [2.24, 2.45) is 5.92 Å². The molecule has 0 radical (unpaired) electrons. The van der Waals surface area contributed by atoms with Crippen molar-refractivity contribution in [3.8, 4) is 0 Å². The molecule has 0 spiro atoms. The summed E-state index contributed by atoms with van der Waals surface area (Å²) in [6.07, 6.45) is -4.05. The van der Waals surface area contributed by atoms with E-state index in [1.807, 2.05) is 0 Å². The highest BCUT2D eigenvalue weighted by atomic mass is 19.4. The third kappa shape index (κ3) is 3.37. The van der Waals surface area contributed by atoms with Gasteiger partial charge in [-0.25, -0.2) is 13.2 Å². The topological polar surface area (TPSA) is 12.0 Å². The van der Waals surface area contributed by atoms with Crippen LogP contribution in [0.4, 0.5) is 32.0 Å². The van der Waals surface area contributed by atoms with Crippen molar-refractivity contribution in [2.45, 2.75) is 37.9 Å². The van der Waals surface area contributed by atoms with E-state index in [1.165, 1.54) is 0 Å². The molecular weight excluding hydrogens is 284 g/mol. The van der Waals surface area contributed by atoms with Crippen molar-refractivity contribution >= 4 is 5.69 Å². The maximum Gasteiger partial charge on any atom is 0.391 e. The van der Waals surface area contributed by atoms with Gasteiger partial charge in [-0.1, -0.05) is 0 Å². The average molecular weight is 297 g/mol. The van der Waals surface area contributed by atoms with Gasteiger partial charge in [-0.3, -0.25) is 0 Å². The fourth-order valence-electron chi connectivity index (χ4n) is 2.45. The molecule has 2 rings (SSSR count). The lowest BCUT2D eigenvalue weighted by Gasteiger charge is -2.31. The summed E-state index contributed by atoms with van der Waals surface area (Å²) in [5, 5.41) is 2.53. The number of hydrogen-bond donors (Lipinski definition) is 1. The predicted octanol–water partition coefficient (Wildman–Crippen LogP) is 4.64. The molecule has 1 fully saturated rings. The van der Waals surface area contributed by atoms with Gasteiger partial charge in [-0.05, 0) is 25.7 Å². The van der Waals surface area contributed by atoms with Crippen molar-refractivity contribution in [3.63, 3.8) is 0 Å². The fraction of sp³-hybridized carbons (Fsp3) is 0.538. The quantitative estimate of drug-likeness (QED) is 0.784. The lowest BCUT2D eigenvalue weighted by atomic mass is 9.85. The Morgan fingerprint density at radius 2 is 1.40 bits per heavy atom. The molecule has 0 amide bonds. The van der Waals surface area contributed by atoms with Gasteiger partial charge in [-0.15, -0.1) is 0 Å². The van der Waals surface area contributed by atoms with Gasteiger partial charge >= 0.3 is 6.18 Å². The first kappa shape index (κ1) is 15.0. The normalized spacial score (nSPS) is 23.7. The molecule has 0 unspecified atom stereocenters. The maximum absolute atomic E-state index is 13.4. The Kier molecular flexibility index (Phi) is 4.15. The molecule has 0 saturated heterocycles. The molecule has 0 aliphatic heterocycles. The monoisotopic (exact) mass is 297 g/mol. The van der Waals surface area contributed by atoms with Crippen molar-refractivity contribution in [2.75, 3.05) is 5.32 Å².